The van der Waals surface area contributed by atoms with Gasteiger partial charge in [0.25, 0.3) is 0 Å². The van der Waals surface area contributed by atoms with Crippen LogP contribution in [-0.4, -0.2) is 31.1 Å². The smallest absolute Gasteiger partial charge is 0.349 e. The van der Waals surface area contributed by atoms with Crippen LogP contribution in [0.1, 0.15) is 36.7 Å². The molecular formula is C23H22O7. The highest BCUT2D eigenvalue weighted by atomic mass is 16.6. The molecule has 0 amide bonds. The van der Waals surface area contributed by atoms with E-state index in [2.05, 4.69) is 0 Å². The molecule has 0 saturated heterocycles. The van der Waals surface area contributed by atoms with Gasteiger partial charge in [-0.25, -0.2) is 9.59 Å². The third kappa shape index (κ3) is 4.35. The maximum Gasteiger partial charge on any atom is 0.349 e. The molecule has 0 radical (unpaired) electrons. The van der Waals surface area contributed by atoms with Crippen LogP contribution in [0.4, 0.5) is 0 Å². The molecule has 0 N–H and O–H groups in total. The van der Waals surface area contributed by atoms with E-state index in [4.69, 9.17) is 18.6 Å². The first-order valence-electron chi connectivity index (χ1n) is 9.38. The lowest BCUT2D eigenvalue weighted by Gasteiger charge is -2.24. The zero-order valence-electron chi connectivity index (χ0n) is 17.2. The van der Waals surface area contributed by atoms with Crippen LogP contribution in [0.25, 0.3) is 11.0 Å². The summed E-state index contributed by atoms with van der Waals surface area (Å²) in [4.78, 5) is 37.1. The van der Waals surface area contributed by atoms with Gasteiger partial charge in [-0.3, -0.25) is 4.79 Å². The fourth-order valence-electron chi connectivity index (χ4n) is 2.85. The molecule has 0 spiro atoms. The number of ketones is 1. The van der Waals surface area contributed by atoms with Gasteiger partial charge in [0, 0.05) is 17.0 Å². The second-order valence-corrected chi connectivity index (χ2v) is 7.04. The average molecular weight is 410 g/mol. The van der Waals surface area contributed by atoms with Crippen molar-refractivity contribution in [2.45, 2.75) is 26.4 Å². The van der Waals surface area contributed by atoms with E-state index in [1.165, 1.54) is 25.3 Å². The first-order chi connectivity index (χ1) is 14.2. The summed E-state index contributed by atoms with van der Waals surface area (Å²) in [5.41, 5.74) is -1.36. The number of fused-ring (bicyclic) bond motifs is 1. The van der Waals surface area contributed by atoms with Gasteiger partial charge in [0.1, 0.15) is 22.6 Å². The van der Waals surface area contributed by atoms with E-state index in [0.717, 1.165) is 0 Å². The Hall–Kier alpha value is -3.61. The van der Waals surface area contributed by atoms with Crippen LogP contribution in [0.5, 0.6) is 11.5 Å². The minimum absolute atomic E-state index is 0.0758. The average Bonchev–Trinajstić information content (AvgIpc) is 2.72. The molecule has 0 aliphatic carbocycles. The number of methoxy groups -OCH3 is 1. The van der Waals surface area contributed by atoms with Crippen LogP contribution in [0.3, 0.4) is 0 Å². The van der Waals surface area contributed by atoms with Crippen LogP contribution >= 0.6 is 0 Å². The number of esters is 1. The van der Waals surface area contributed by atoms with Gasteiger partial charge in [-0.1, -0.05) is 0 Å². The van der Waals surface area contributed by atoms with E-state index >= 15 is 0 Å². The molecule has 0 bridgehead atoms. The lowest BCUT2D eigenvalue weighted by atomic mass is 10.0. The molecule has 0 unspecified atom stereocenters. The summed E-state index contributed by atoms with van der Waals surface area (Å²) in [5.74, 6) is -0.0264. The van der Waals surface area contributed by atoms with E-state index < -0.39 is 23.0 Å². The molecule has 30 heavy (non-hydrogen) atoms. The summed E-state index contributed by atoms with van der Waals surface area (Å²) in [5, 5.41) is 0.606. The second kappa shape index (κ2) is 8.41. The van der Waals surface area contributed by atoms with Gasteiger partial charge in [-0.05, 0) is 63.2 Å². The van der Waals surface area contributed by atoms with Crippen molar-refractivity contribution in [2.75, 3.05) is 13.7 Å². The second-order valence-electron chi connectivity index (χ2n) is 7.04. The Labute approximate surface area is 173 Å². The first-order valence-corrected chi connectivity index (χ1v) is 9.38. The monoisotopic (exact) mass is 410 g/mol. The summed E-state index contributed by atoms with van der Waals surface area (Å²) in [6.45, 7) is 5.16. The van der Waals surface area contributed by atoms with Crippen LogP contribution in [0, 0.1) is 0 Å². The van der Waals surface area contributed by atoms with E-state index in [1.54, 1.807) is 51.1 Å². The Morgan fingerprint density at radius 3 is 2.30 bits per heavy atom. The minimum Gasteiger partial charge on any atom is -0.497 e. The normalized spacial score (nSPS) is 11.2. The molecule has 156 valence electrons. The van der Waals surface area contributed by atoms with Gasteiger partial charge in [0.15, 0.2) is 11.4 Å². The summed E-state index contributed by atoms with van der Waals surface area (Å²) in [6.07, 6.45) is 0. The maximum absolute atomic E-state index is 12.8. The SMILES string of the molecule is CCOC(=O)C(C)(C)Oc1ccc(C(=O)c2cc3ccc(OC)cc3oc2=O)cc1. The van der Waals surface area contributed by atoms with Crippen molar-refractivity contribution >= 4 is 22.7 Å². The van der Waals surface area contributed by atoms with Crippen molar-refractivity contribution in [1.82, 2.24) is 0 Å². The molecule has 7 nitrogen and oxygen atoms in total. The van der Waals surface area contributed by atoms with Gasteiger partial charge >= 0.3 is 11.6 Å². The van der Waals surface area contributed by atoms with Gasteiger partial charge < -0.3 is 18.6 Å². The Kier molecular flexibility index (Phi) is 5.91. The number of hydrogen-bond donors (Lipinski definition) is 0. The third-order valence-corrected chi connectivity index (χ3v) is 4.44. The molecule has 2 aromatic carbocycles. The van der Waals surface area contributed by atoms with E-state index in [0.29, 0.717) is 22.5 Å². The molecule has 3 rings (SSSR count). The summed E-state index contributed by atoms with van der Waals surface area (Å²) < 4.78 is 21.1. The fourth-order valence-corrected chi connectivity index (χ4v) is 2.85. The lowest BCUT2D eigenvalue weighted by molar-refractivity contribution is -0.158. The van der Waals surface area contributed by atoms with Crippen LogP contribution < -0.4 is 15.1 Å². The number of hydrogen-bond acceptors (Lipinski definition) is 7. The minimum atomic E-state index is -1.18. The molecule has 0 fully saturated rings. The molecule has 0 saturated carbocycles. The fraction of sp³-hybridized carbons (Fsp3) is 0.261. The standard InChI is InChI=1S/C23H22O7/c1-5-28-22(26)23(2,3)30-16-9-6-14(7-10-16)20(24)18-12-15-8-11-17(27-4)13-19(15)29-21(18)25/h6-13H,5H2,1-4H3. The number of benzene rings is 2. The molecule has 1 heterocycles. The van der Waals surface area contributed by atoms with Crippen molar-refractivity contribution in [3.8, 4) is 11.5 Å². The Morgan fingerprint density at radius 2 is 1.67 bits per heavy atom. The molecule has 0 atom stereocenters. The lowest BCUT2D eigenvalue weighted by Crippen LogP contribution is -2.39. The Bertz CT molecular complexity index is 1140. The predicted octanol–water partition coefficient (Wildman–Crippen LogP) is 3.75. The molecule has 3 aromatic rings. The zero-order valence-corrected chi connectivity index (χ0v) is 17.2. The number of carbonyl (C=O) groups excluding carboxylic acids is 2. The van der Waals surface area contributed by atoms with Crippen molar-refractivity contribution in [2.24, 2.45) is 0 Å². The van der Waals surface area contributed by atoms with Crippen LogP contribution in [0.2, 0.25) is 0 Å². The van der Waals surface area contributed by atoms with Crippen molar-refractivity contribution in [1.29, 1.82) is 0 Å². The Morgan fingerprint density at radius 1 is 1.00 bits per heavy atom. The van der Waals surface area contributed by atoms with E-state index in [-0.39, 0.29) is 17.7 Å². The maximum atomic E-state index is 12.8. The number of carbonyl (C=O) groups is 2. The van der Waals surface area contributed by atoms with Gasteiger partial charge in [-0.15, -0.1) is 0 Å². The number of rotatable bonds is 7. The van der Waals surface area contributed by atoms with Crippen LogP contribution in [-0.2, 0) is 9.53 Å². The molecule has 0 aliphatic rings. The predicted molar refractivity (Wildman–Crippen MR) is 110 cm³/mol. The van der Waals surface area contributed by atoms with Gasteiger partial charge in [0.05, 0.1) is 13.7 Å². The Balaban J connectivity index is 1.85. The highest BCUT2D eigenvalue weighted by Gasteiger charge is 2.31. The van der Waals surface area contributed by atoms with E-state index in [1.807, 2.05) is 0 Å². The zero-order chi connectivity index (χ0) is 21.9. The van der Waals surface area contributed by atoms with Crippen molar-refractivity contribution in [3.63, 3.8) is 0 Å². The highest BCUT2D eigenvalue weighted by Crippen LogP contribution is 2.23. The van der Waals surface area contributed by atoms with Gasteiger partial charge in [-0.2, -0.15) is 0 Å². The van der Waals surface area contributed by atoms with Crippen LogP contribution in [0.15, 0.2) is 57.7 Å². The highest BCUT2D eigenvalue weighted by molar-refractivity contribution is 6.09. The quantitative estimate of drug-likeness (QED) is 0.333. The summed E-state index contributed by atoms with van der Waals surface area (Å²) >= 11 is 0. The van der Waals surface area contributed by atoms with E-state index in [9.17, 15) is 14.4 Å². The molecule has 1 aromatic heterocycles. The summed E-state index contributed by atoms with van der Waals surface area (Å²) in [6, 6.07) is 12.7. The number of ether oxygens (including phenoxy) is 3. The summed E-state index contributed by atoms with van der Waals surface area (Å²) in [7, 11) is 1.51. The van der Waals surface area contributed by atoms with Gasteiger partial charge in [0.2, 0.25) is 0 Å². The van der Waals surface area contributed by atoms with Crippen molar-refractivity contribution in [3.05, 3.63) is 70.1 Å². The molecular weight excluding hydrogens is 388 g/mol. The first kappa shape index (κ1) is 21.1. The van der Waals surface area contributed by atoms with Crippen molar-refractivity contribution < 1.29 is 28.2 Å². The third-order valence-electron chi connectivity index (χ3n) is 4.44. The largest absolute Gasteiger partial charge is 0.497 e. The molecule has 7 heteroatoms. The topological polar surface area (TPSA) is 92.0 Å². The molecule has 0 aliphatic heterocycles.